The number of carbonyl (C=O) groups excluding carboxylic acids is 3. The molecule has 7 rings (SSSR count). The Morgan fingerprint density at radius 1 is 0.925 bits per heavy atom. The van der Waals surface area contributed by atoms with Crippen molar-refractivity contribution >= 4 is 27.9 Å². The fraction of sp³-hybridized carbons (Fsp3) is 0.500. The molecule has 4 fully saturated rings. The third-order valence-corrected chi connectivity index (χ3v) is 10.7. The SMILES string of the molecule is CC1(C)C(=O)N(CCc2ccc(S(=O)(=O)NC(=O)NC34CC5CC(CC(C5)C3)C4)cc2)C(=O)c2ccccc21.[Na+]. The summed E-state index contributed by atoms with van der Waals surface area (Å²) < 4.78 is 28.1. The molecule has 2 aromatic carbocycles. The second-order valence-corrected chi connectivity index (χ2v) is 14.3. The van der Waals surface area contributed by atoms with Crippen molar-refractivity contribution in [3.05, 3.63) is 65.2 Å². The van der Waals surface area contributed by atoms with E-state index in [2.05, 4.69) is 10.0 Å². The normalized spacial score (nSPS) is 28.1. The van der Waals surface area contributed by atoms with Gasteiger partial charge in [0.25, 0.3) is 15.9 Å². The van der Waals surface area contributed by atoms with Crippen molar-refractivity contribution in [1.29, 1.82) is 0 Å². The molecule has 0 saturated heterocycles. The van der Waals surface area contributed by atoms with E-state index < -0.39 is 21.5 Å². The average Bonchev–Trinajstić information content (AvgIpc) is 2.86. The molecule has 8 nitrogen and oxygen atoms in total. The number of carbonyl (C=O) groups is 3. The van der Waals surface area contributed by atoms with Crippen LogP contribution in [0.2, 0.25) is 0 Å². The van der Waals surface area contributed by atoms with Crippen LogP contribution in [0.15, 0.2) is 53.4 Å². The van der Waals surface area contributed by atoms with Crippen molar-refractivity contribution < 1.29 is 52.4 Å². The predicted octanol–water partition coefficient (Wildman–Crippen LogP) is 1.15. The fourth-order valence-corrected chi connectivity index (χ4v) is 8.80. The van der Waals surface area contributed by atoms with Crippen molar-refractivity contribution in [2.45, 2.75) is 74.6 Å². The first-order chi connectivity index (χ1) is 18.5. The molecule has 0 atom stereocenters. The molecule has 10 heteroatoms. The van der Waals surface area contributed by atoms with E-state index >= 15 is 0 Å². The van der Waals surface area contributed by atoms with Gasteiger partial charge in [-0.05, 0) is 106 Å². The Labute approximate surface area is 258 Å². The maximum atomic E-state index is 13.1. The predicted molar refractivity (Wildman–Crippen MR) is 145 cm³/mol. The van der Waals surface area contributed by atoms with Gasteiger partial charge >= 0.3 is 35.6 Å². The topological polar surface area (TPSA) is 113 Å². The van der Waals surface area contributed by atoms with Crippen LogP contribution >= 0.6 is 0 Å². The third-order valence-electron chi connectivity index (χ3n) is 9.36. The molecule has 0 spiro atoms. The molecule has 4 aliphatic carbocycles. The third kappa shape index (κ3) is 5.26. The quantitative estimate of drug-likeness (QED) is 0.399. The summed E-state index contributed by atoms with van der Waals surface area (Å²) in [5.74, 6) is 1.34. The Balaban J connectivity index is 0.00000323. The van der Waals surface area contributed by atoms with Crippen LogP contribution in [0.1, 0.15) is 73.9 Å². The van der Waals surface area contributed by atoms with Gasteiger partial charge in [-0.3, -0.25) is 14.5 Å². The van der Waals surface area contributed by atoms with E-state index in [1.54, 1.807) is 24.3 Å². The molecule has 0 unspecified atom stereocenters. The van der Waals surface area contributed by atoms with Gasteiger partial charge in [-0.2, -0.15) is 0 Å². The minimum Gasteiger partial charge on any atom is -0.332 e. The van der Waals surface area contributed by atoms with E-state index in [1.165, 1.54) is 36.3 Å². The second-order valence-electron chi connectivity index (χ2n) is 12.6. The van der Waals surface area contributed by atoms with Gasteiger partial charge in [0.15, 0.2) is 0 Å². The first-order valence-electron chi connectivity index (χ1n) is 13.9. The van der Waals surface area contributed by atoms with Crippen LogP contribution in [0.3, 0.4) is 0 Å². The zero-order chi connectivity index (χ0) is 27.6. The minimum atomic E-state index is -4.04. The van der Waals surface area contributed by atoms with Crippen LogP contribution in [0.4, 0.5) is 4.79 Å². The summed E-state index contributed by atoms with van der Waals surface area (Å²) in [6, 6.07) is 12.7. The second kappa shape index (κ2) is 10.6. The maximum Gasteiger partial charge on any atom is 1.00 e. The Bertz CT molecular complexity index is 1420. The molecule has 40 heavy (non-hydrogen) atoms. The number of urea groups is 1. The summed E-state index contributed by atoms with van der Waals surface area (Å²) in [5.41, 5.74) is 0.942. The molecule has 2 aromatic rings. The van der Waals surface area contributed by atoms with Crippen LogP contribution < -0.4 is 39.6 Å². The van der Waals surface area contributed by atoms with Gasteiger partial charge in [-0.15, -0.1) is 0 Å². The number of rotatable bonds is 6. The van der Waals surface area contributed by atoms with E-state index in [0.29, 0.717) is 29.7 Å². The number of fused-ring (bicyclic) bond motifs is 1. The van der Waals surface area contributed by atoms with Crippen molar-refractivity contribution in [1.82, 2.24) is 14.9 Å². The molecule has 2 N–H and O–H groups in total. The van der Waals surface area contributed by atoms with E-state index in [9.17, 15) is 22.8 Å². The van der Waals surface area contributed by atoms with E-state index in [4.69, 9.17) is 0 Å². The molecular weight excluding hydrogens is 537 g/mol. The molecular formula is C30H35N3NaO5S+. The number of nitrogens with one attached hydrogen (secondary N) is 2. The van der Waals surface area contributed by atoms with Gasteiger partial charge in [0, 0.05) is 17.6 Å². The van der Waals surface area contributed by atoms with Crippen LogP contribution in [0.25, 0.3) is 0 Å². The molecule has 4 saturated carbocycles. The Morgan fingerprint density at radius 3 is 2.10 bits per heavy atom. The summed E-state index contributed by atoms with van der Waals surface area (Å²) >= 11 is 0. The van der Waals surface area contributed by atoms with E-state index in [-0.39, 0.29) is 58.4 Å². The number of sulfonamides is 1. The molecule has 1 heterocycles. The first-order valence-corrected chi connectivity index (χ1v) is 15.3. The largest absolute Gasteiger partial charge is 1.00 e. The molecule has 1 aliphatic heterocycles. The number of imide groups is 1. The molecule has 0 aromatic heterocycles. The van der Waals surface area contributed by atoms with Gasteiger partial charge in [0.2, 0.25) is 5.91 Å². The summed E-state index contributed by atoms with van der Waals surface area (Å²) in [6.07, 6.45) is 6.90. The zero-order valence-electron chi connectivity index (χ0n) is 23.4. The Kier molecular flexibility index (Phi) is 7.74. The smallest absolute Gasteiger partial charge is 0.332 e. The zero-order valence-corrected chi connectivity index (χ0v) is 26.2. The van der Waals surface area contributed by atoms with Gasteiger partial charge in [0.1, 0.15) is 0 Å². The van der Waals surface area contributed by atoms with Crippen molar-refractivity contribution in [2.24, 2.45) is 17.8 Å². The first kappa shape index (κ1) is 29.3. The summed E-state index contributed by atoms with van der Waals surface area (Å²) in [7, 11) is -4.04. The number of benzene rings is 2. The summed E-state index contributed by atoms with van der Waals surface area (Å²) in [4.78, 5) is 40.2. The Hall–Kier alpha value is -2.20. The van der Waals surface area contributed by atoms with E-state index in [1.807, 2.05) is 26.0 Å². The average molecular weight is 573 g/mol. The van der Waals surface area contributed by atoms with Crippen LogP contribution in [-0.2, 0) is 26.7 Å². The van der Waals surface area contributed by atoms with Gasteiger partial charge in [-0.1, -0.05) is 30.3 Å². The van der Waals surface area contributed by atoms with Gasteiger partial charge in [-0.25, -0.2) is 17.9 Å². The minimum absolute atomic E-state index is 0. The van der Waals surface area contributed by atoms with Crippen molar-refractivity contribution in [2.75, 3.05) is 6.54 Å². The van der Waals surface area contributed by atoms with Gasteiger partial charge < -0.3 is 5.32 Å². The number of amides is 4. The summed E-state index contributed by atoms with van der Waals surface area (Å²) in [6.45, 7) is 3.83. The van der Waals surface area contributed by atoms with E-state index in [0.717, 1.165) is 30.4 Å². The fourth-order valence-electron chi connectivity index (χ4n) is 7.90. The van der Waals surface area contributed by atoms with Crippen LogP contribution in [-0.4, -0.2) is 43.2 Å². The maximum absolute atomic E-state index is 13.1. The molecule has 5 aliphatic rings. The Morgan fingerprint density at radius 2 is 1.50 bits per heavy atom. The molecule has 206 valence electrons. The van der Waals surface area contributed by atoms with Crippen LogP contribution in [0, 0.1) is 17.8 Å². The summed E-state index contributed by atoms with van der Waals surface area (Å²) in [5, 5.41) is 3.04. The standard InChI is InChI=1S/C30H35N3O5S.Na/c1-29(2)25-6-4-3-5-24(25)26(34)33(27(29)35)12-11-19-7-9-23(10-8-19)39(37,38)32-28(36)31-30-16-20-13-21(17-30)15-22(14-20)18-30;/h3-10,20-22H,11-18H2,1-2H3,(H2,31,32,36);/q;+1. The monoisotopic (exact) mass is 572 g/mol. The molecule has 4 amide bonds. The van der Waals surface area contributed by atoms with Crippen LogP contribution in [0.5, 0.6) is 0 Å². The number of hydrogen-bond acceptors (Lipinski definition) is 5. The molecule has 4 bridgehead atoms. The number of hydrogen-bond donors (Lipinski definition) is 2. The molecule has 0 radical (unpaired) electrons. The van der Waals surface area contributed by atoms with Crippen molar-refractivity contribution in [3.63, 3.8) is 0 Å². The number of nitrogens with zero attached hydrogens (tertiary/aromatic N) is 1. The van der Waals surface area contributed by atoms with Gasteiger partial charge in [0.05, 0.1) is 10.3 Å². The van der Waals surface area contributed by atoms with Crippen molar-refractivity contribution in [3.8, 4) is 0 Å².